The van der Waals surface area contributed by atoms with E-state index in [0.717, 1.165) is 40.0 Å². The molecule has 0 aliphatic heterocycles. The van der Waals surface area contributed by atoms with E-state index in [-0.39, 0.29) is 5.41 Å². The Morgan fingerprint density at radius 2 is 1.61 bits per heavy atom. The zero-order valence-electron chi connectivity index (χ0n) is 20.0. The van der Waals surface area contributed by atoms with Crippen LogP contribution in [0, 0.1) is 5.92 Å². The number of hydrogen-bond donors (Lipinski definition) is 0. The molecule has 2 aromatic carbocycles. The van der Waals surface area contributed by atoms with Gasteiger partial charge in [-0.2, -0.15) is 0 Å². The zero-order valence-corrected chi connectivity index (χ0v) is 20.0. The van der Waals surface area contributed by atoms with E-state index in [1.807, 2.05) is 12.4 Å². The molecular weight excluding hydrogens is 404 g/mol. The Morgan fingerprint density at radius 1 is 0.818 bits per heavy atom. The molecule has 0 aliphatic rings. The molecule has 5 rings (SSSR count). The van der Waals surface area contributed by atoms with Gasteiger partial charge in [0.2, 0.25) is 5.71 Å². The molecule has 3 heterocycles. The SMILES string of the molecule is CC(C)Cc1cc2c(-c3ccnc(-c4cc(C(C)(C)C)c5ccccc5c4)c3)ccnc2o1. The summed E-state index contributed by atoms with van der Waals surface area (Å²) in [4.78, 5) is 9.22. The highest BCUT2D eigenvalue weighted by Gasteiger charge is 2.19. The topological polar surface area (TPSA) is 38.9 Å². The van der Waals surface area contributed by atoms with E-state index in [4.69, 9.17) is 9.40 Å². The van der Waals surface area contributed by atoms with Crippen LogP contribution in [-0.4, -0.2) is 9.97 Å². The average Bonchev–Trinajstić information content (AvgIpc) is 3.19. The van der Waals surface area contributed by atoms with Gasteiger partial charge in [0.05, 0.1) is 5.69 Å². The summed E-state index contributed by atoms with van der Waals surface area (Å²) in [6, 6.07) is 21.6. The first-order valence-electron chi connectivity index (χ1n) is 11.7. The van der Waals surface area contributed by atoms with E-state index in [2.05, 4.69) is 100 Å². The first-order valence-corrected chi connectivity index (χ1v) is 11.7. The minimum Gasteiger partial charge on any atom is -0.443 e. The fraction of sp³-hybridized carbons (Fsp3) is 0.267. The number of fused-ring (bicyclic) bond motifs is 2. The predicted octanol–water partition coefficient (Wildman–Crippen LogP) is 8.21. The maximum absolute atomic E-state index is 6.03. The summed E-state index contributed by atoms with van der Waals surface area (Å²) in [7, 11) is 0. The van der Waals surface area contributed by atoms with Gasteiger partial charge in [-0.1, -0.05) is 58.9 Å². The summed E-state index contributed by atoms with van der Waals surface area (Å²) in [6.07, 6.45) is 4.64. The van der Waals surface area contributed by atoms with E-state index >= 15 is 0 Å². The first-order chi connectivity index (χ1) is 15.8. The van der Waals surface area contributed by atoms with Crippen LogP contribution in [0.5, 0.6) is 0 Å². The van der Waals surface area contributed by atoms with Crippen LogP contribution in [-0.2, 0) is 11.8 Å². The van der Waals surface area contributed by atoms with Crippen LogP contribution in [0.3, 0.4) is 0 Å². The highest BCUT2D eigenvalue weighted by atomic mass is 16.3. The van der Waals surface area contributed by atoms with Gasteiger partial charge >= 0.3 is 0 Å². The second kappa shape index (κ2) is 8.15. The van der Waals surface area contributed by atoms with Gasteiger partial charge in [-0.25, -0.2) is 4.98 Å². The second-order valence-corrected chi connectivity index (χ2v) is 10.3. The lowest BCUT2D eigenvalue weighted by Gasteiger charge is -2.22. The smallest absolute Gasteiger partial charge is 0.226 e. The third-order valence-corrected chi connectivity index (χ3v) is 6.13. The molecule has 3 aromatic heterocycles. The van der Waals surface area contributed by atoms with Crippen LogP contribution in [0.15, 0.2) is 77.5 Å². The van der Waals surface area contributed by atoms with E-state index < -0.39 is 0 Å². The Bertz CT molecular complexity index is 1450. The Labute approximate surface area is 195 Å². The van der Waals surface area contributed by atoms with Crippen molar-refractivity contribution in [1.82, 2.24) is 9.97 Å². The minimum absolute atomic E-state index is 0.0358. The van der Waals surface area contributed by atoms with Crippen molar-refractivity contribution in [2.75, 3.05) is 0 Å². The van der Waals surface area contributed by atoms with Crippen molar-refractivity contribution in [3.63, 3.8) is 0 Å². The highest BCUT2D eigenvalue weighted by Crippen LogP contribution is 2.36. The Kier molecular flexibility index (Phi) is 5.28. The van der Waals surface area contributed by atoms with E-state index in [1.54, 1.807) is 0 Å². The monoisotopic (exact) mass is 434 g/mol. The summed E-state index contributed by atoms with van der Waals surface area (Å²) in [5, 5.41) is 3.60. The van der Waals surface area contributed by atoms with Gasteiger partial charge in [-0.15, -0.1) is 0 Å². The second-order valence-electron chi connectivity index (χ2n) is 10.3. The van der Waals surface area contributed by atoms with Crippen molar-refractivity contribution in [2.45, 2.75) is 46.5 Å². The van der Waals surface area contributed by atoms with E-state index in [0.29, 0.717) is 11.6 Å². The third kappa shape index (κ3) is 4.16. The summed E-state index contributed by atoms with van der Waals surface area (Å²) < 4.78 is 6.03. The highest BCUT2D eigenvalue weighted by molar-refractivity contribution is 5.94. The van der Waals surface area contributed by atoms with Gasteiger partial charge in [0.1, 0.15) is 5.76 Å². The lowest BCUT2D eigenvalue weighted by atomic mass is 9.82. The number of nitrogens with zero attached hydrogens (tertiary/aromatic N) is 2. The Hall–Kier alpha value is -3.46. The van der Waals surface area contributed by atoms with Gasteiger partial charge in [0.25, 0.3) is 0 Å². The summed E-state index contributed by atoms with van der Waals surface area (Å²) in [6.45, 7) is 11.2. The third-order valence-electron chi connectivity index (χ3n) is 6.13. The van der Waals surface area contributed by atoms with Gasteiger partial charge < -0.3 is 4.42 Å². The largest absolute Gasteiger partial charge is 0.443 e. The minimum atomic E-state index is 0.0358. The van der Waals surface area contributed by atoms with Gasteiger partial charge in [0, 0.05) is 29.8 Å². The summed E-state index contributed by atoms with van der Waals surface area (Å²) in [5.74, 6) is 1.52. The normalized spacial score (nSPS) is 12.2. The van der Waals surface area contributed by atoms with Gasteiger partial charge in [-0.3, -0.25) is 4.98 Å². The fourth-order valence-corrected chi connectivity index (χ4v) is 4.58. The molecule has 0 bridgehead atoms. The fourth-order valence-electron chi connectivity index (χ4n) is 4.58. The van der Waals surface area contributed by atoms with Gasteiger partial charge in [-0.05, 0) is 75.2 Å². The number of furan rings is 1. The van der Waals surface area contributed by atoms with Crippen LogP contribution < -0.4 is 0 Å². The van der Waals surface area contributed by atoms with Crippen LogP contribution >= 0.6 is 0 Å². The molecule has 5 aromatic rings. The molecule has 0 atom stereocenters. The number of benzene rings is 2. The average molecular weight is 435 g/mol. The molecular formula is C30H30N2O. The zero-order chi connectivity index (χ0) is 23.2. The van der Waals surface area contributed by atoms with Crippen molar-refractivity contribution in [2.24, 2.45) is 5.92 Å². The van der Waals surface area contributed by atoms with Crippen molar-refractivity contribution in [3.8, 4) is 22.4 Å². The lowest BCUT2D eigenvalue weighted by Crippen LogP contribution is -2.12. The molecule has 0 spiro atoms. The molecule has 3 nitrogen and oxygen atoms in total. The number of rotatable bonds is 4. The molecule has 0 saturated carbocycles. The van der Waals surface area contributed by atoms with Crippen molar-refractivity contribution in [3.05, 3.63) is 84.4 Å². The van der Waals surface area contributed by atoms with Crippen LogP contribution in [0.1, 0.15) is 45.9 Å². The molecule has 0 unspecified atom stereocenters. The molecule has 3 heteroatoms. The Morgan fingerprint density at radius 3 is 2.39 bits per heavy atom. The van der Waals surface area contributed by atoms with Crippen molar-refractivity contribution >= 4 is 21.9 Å². The summed E-state index contributed by atoms with van der Waals surface area (Å²) >= 11 is 0. The number of pyridine rings is 2. The van der Waals surface area contributed by atoms with Crippen LogP contribution in [0.2, 0.25) is 0 Å². The molecule has 0 fully saturated rings. The quantitative estimate of drug-likeness (QED) is 0.286. The number of aromatic nitrogens is 2. The van der Waals surface area contributed by atoms with E-state index in [9.17, 15) is 0 Å². The van der Waals surface area contributed by atoms with Crippen molar-refractivity contribution in [1.29, 1.82) is 0 Å². The standard InChI is InChI=1S/C30H30N2O/c1-19(2)14-23-18-26-24(11-13-32-29(26)33-23)21-10-12-31-28(17-21)22-15-20-8-6-7-9-25(20)27(16-22)30(3,4)5/h6-13,15-19H,14H2,1-5H3. The Balaban J connectivity index is 1.64. The molecule has 0 amide bonds. The maximum atomic E-state index is 6.03. The maximum Gasteiger partial charge on any atom is 0.226 e. The molecule has 0 radical (unpaired) electrons. The molecule has 0 N–H and O–H groups in total. The number of hydrogen-bond acceptors (Lipinski definition) is 3. The van der Waals surface area contributed by atoms with Crippen LogP contribution in [0.4, 0.5) is 0 Å². The summed E-state index contributed by atoms with van der Waals surface area (Å²) in [5.41, 5.74) is 6.42. The molecule has 166 valence electrons. The predicted molar refractivity (Wildman–Crippen MR) is 137 cm³/mol. The molecule has 0 aliphatic carbocycles. The van der Waals surface area contributed by atoms with E-state index in [1.165, 1.54) is 16.3 Å². The van der Waals surface area contributed by atoms with Crippen molar-refractivity contribution < 1.29 is 4.42 Å². The molecule has 33 heavy (non-hydrogen) atoms. The van der Waals surface area contributed by atoms with Crippen LogP contribution in [0.25, 0.3) is 44.3 Å². The van der Waals surface area contributed by atoms with Gasteiger partial charge in [0.15, 0.2) is 0 Å². The first kappa shape index (κ1) is 21.4. The lowest BCUT2D eigenvalue weighted by molar-refractivity contribution is 0.494. The molecule has 0 saturated heterocycles.